The zero-order valence-corrected chi connectivity index (χ0v) is 35.6. The van der Waals surface area contributed by atoms with Crippen LogP contribution in [-0.2, 0) is 46.8 Å². The Bertz CT molecular complexity index is 1120. The van der Waals surface area contributed by atoms with E-state index in [0.717, 1.165) is 84.0 Å². The number of likely N-dealkylation sites (tertiary alicyclic amines) is 1. The Balaban J connectivity index is 0.00000104. The Morgan fingerprint density at radius 3 is 1.81 bits per heavy atom. The highest BCUT2D eigenvalue weighted by atomic mass is 31.2. The Hall–Kier alpha value is -1.70. The molecule has 2 unspecified atom stereocenters. The summed E-state index contributed by atoms with van der Waals surface area (Å²) in [5.41, 5.74) is 0. The Labute approximate surface area is 324 Å². The molecule has 1 saturated heterocycles. The molecule has 0 aromatic heterocycles. The van der Waals surface area contributed by atoms with Gasteiger partial charge in [0.15, 0.2) is 5.78 Å². The molecule has 318 valence electrons. The summed E-state index contributed by atoms with van der Waals surface area (Å²) in [7, 11) is -3.51. The molecule has 15 nitrogen and oxygen atoms in total. The molecule has 0 bridgehead atoms. The van der Waals surface area contributed by atoms with Crippen molar-refractivity contribution in [3.05, 3.63) is 0 Å². The molecule has 1 aliphatic heterocycles. The van der Waals surface area contributed by atoms with E-state index >= 15 is 0 Å². The molecule has 0 aromatic rings. The SMILES string of the molecule is CCCCC[C@H](NC(=O)CCCCCOC)C(=O)CCCCCOP(C)(=O)O.COCCCCNC(=O)[C@@H]1CCCN1C(=O)CCCCCOP(C)(=O)O. The minimum Gasteiger partial charge on any atom is -0.385 e. The smallest absolute Gasteiger partial charge is 0.325 e. The van der Waals surface area contributed by atoms with E-state index in [1.807, 2.05) is 0 Å². The van der Waals surface area contributed by atoms with Gasteiger partial charge in [-0.2, -0.15) is 0 Å². The monoisotopic (exact) mass is 813 g/mol. The van der Waals surface area contributed by atoms with Crippen LogP contribution in [0.4, 0.5) is 0 Å². The van der Waals surface area contributed by atoms with Crippen molar-refractivity contribution < 1.29 is 56.6 Å². The molecule has 1 rings (SSSR count). The molecule has 1 aliphatic rings. The van der Waals surface area contributed by atoms with Crippen LogP contribution >= 0.6 is 15.2 Å². The van der Waals surface area contributed by atoms with Crippen molar-refractivity contribution in [3.8, 4) is 0 Å². The number of amides is 3. The third-order valence-electron chi connectivity index (χ3n) is 8.79. The first kappa shape index (κ1) is 52.3. The third kappa shape index (κ3) is 30.5. The summed E-state index contributed by atoms with van der Waals surface area (Å²) >= 11 is 0. The molecular formula is C37H73N3O12P2. The number of hydrogen-bond donors (Lipinski definition) is 4. The Kier molecular flexibility index (Phi) is 31.4. The van der Waals surface area contributed by atoms with Crippen molar-refractivity contribution in [2.45, 2.75) is 147 Å². The van der Waals surface area contributed by atoms with Crippen molar-refractivity contribution in [1.29, 1.82) is 0 Å². The molecule has 0 aliphatic carbocycles. The number of carbonyl (C=O) groups excluding carboxylic acids is 4. The van der Waals surface area contributed by atoms with Gasteiger partial charge in [-0.25, -0.2) is 0 Å². The molecule has 3 amide bonds. The van der Waals surface area contributed by atoms with E-state index < -0.39 is 21.2 Å². The second kappa shape index (κ2) is 32.4. The average molecular weight is 814 g/mol. The van der Waals surface area contributed by atoms with Crippen LogP contribution in [0.3, 0.4) is 0 Å². The number of nitrogens with one attached hydrogen (secondary N) is 2. The van der Waals surface area contributed by atoms with Crippen LogP contribution < -0.4 is 10.6 Å². The van der Waals surface area contributed by atoms with Gasteiger partial charge < -0.3 is 43.8 Å². The van der Waals surface area contributed by atoms with Gasteiger partial charge in [0.05, 0.1) is 19.3 Å². The molecule has 1 heterocycles. The summed E-state index contributed by atoms with van der Waals surface area (Å²) in [6, 6.07) is -0.754. The highest BCUT2D eigenvalue weighted by Gasteiger charge is 2.33. The summed E-state index contributed by atoms with van der Waals surface area (Å²) in [6.45, 7) is 7.50. The van der Waals surface area contributed by atoms with Gasteiger partial charge in [-0.15, -0.1) is 0 Å². The summed E-state index contributed by atoms with van der Waals surface area (Å²) < 4.78 is 41.6. The number of hydrogen-bond acceptors (Lipinski definition) is 10. The fourth-order valence-corrected chi connectivity index (χ4v) is 6.78. The van der Waals surface area contributed by atoms with Crippen molar-refractivity contribution in [1.82, 2.24) is 15.5 Å². The lowest BCUT2D eigenvalue weighted by Gasteiger charge is -2.24. The summed E-state index contributed by atoms with van der Waals surface area (Å²) in [4.78, 5) is 69.2. The van der Waals surface area contributed by atoms with Gasteiger partial charge in [-0.3, -0.25) is 28.3 Å². The number of carbonyl (C=O) groups is 4. The highest BCUT2D eigenvalue weighted by molar-refractivity contribution is 7.52. The minimum atomic E-state index is -3.42. The maximum absolute atomic E-state index is 12.5. The molecule has 0 aromatic carbocycles. The number of rotatable bonds is 32. The van der Waals surface area contributed by atoms with Crippen molar-refractivity contribution in [2.75, 3.05) is 67.1 Å². The van der Waals surface area contributed by atoms with Crippen LogP contribution in [0.2, 0.25) is 0 Å². The van der Waals surface area contributed by atoms with E-state index in [1.165, 1.54) is 0 Å². The lowest BCUT2D eigenvalue weighted by molar-refractivity contribution is -0.138. The minimum absolute atomic E-state index is 0.00581. The largest absolute Gasteiger partial charge is 0.385 e. The summed E-state index contributed by atoms with van der Waals surface area (Å²) in [6.07, 6.45) is 15.1. The van der Waals surface area contributed by atoms with Gasteiger partial charge in [-0.1, -0.05) is 45.4 Å². The molecular weight excluding hydrogens is 740 g/mol. The van der Waals surface area contributed by atoms with Gasteiger partial charge in [-0.05, 0) is 70.6 Å². The molecule has 17 heteroatoms. The first-order valence-corrected chi connectivity index (χ1v) is 24.0. The van der Waals surface area contributed by atoms with E-state index in [1.54, 1.807) is 19.1 Å². The molecule has 0 saturated carbocycles. The van der Waals surface area contributed by atoms with Crippen LogP contribution in [0.5, 0.6) is 0 Å². The van der Waals surface area contributed by atoms with E-state index in [9.17, 15) is 28.3 Å². The number of Topliss-reactive ketones (excluding diaryl/α,β-unsaturated/α-hetero) is 1. The summed E-state index contributed by atoms with van der Waals surface area (Å²) in [5, 5.41) is 5.84. The normalized spacial score (nSPS) is 16.8. The van der Waals surface area contributed by atoms with Gasteiger partial charge in [0.25, 0.3) is 0 Å². The maximum atomic E-state index is 12.5. The van der Waals surface area contributed by atoms with Crippen LogP contribution in [0.15, 0.2) is 0 Å². The van der Waals surface area contributed by atoms with Crippen LogP contribution in [0.25, 0.3) is 0 Å². The topological polar surface area (TPSA) is 207 Å². The lowest BCUT2D eigenvalue weighted by Crippen LogP contribution is -2.46. The fraction of sp³-hybridized carbons (Fsp3) is 0.892. The molecule has 1 fully saturated rings. The van der Waals surface area contributed by atoms with E-state index in [0.29, 0.717) is 84.1 Å². The van der Waals surface area contributed by atoms with Crippen LogP contribution in [0, 0.1) is 0 Å². The summed E-state index contributed by atoms with van der Waals surface area (Å²) in [5.74, 6) is -0.0371. The second-order valence-electron chi connectivity index (χ2n) is 14.0. The van der Waals surface area contributed by atoms with E-state index in [2.05, 4.69) is 17.6 Å². The van der Waals surface area contributed by atoms with Gasteiger partial charge in [0.2, 0.25) is 17.7 Å². The first-order chi connectivity index (χ1) is 25.6. The zero-order valence-electron chi connectivity index (χ0n) is 33.9. The van der Waals surface area contributed by atoms with Crippen molar-refractivity contribution in [3.63, 3.8) is 0 Å². The molecule has 0 spiro atoms. The van der Waals surface area contributed by atoms with Gasteiger partial charge in [0, 0.05) is 73.1 Å². The fourth-order valence-electron chi connectivity index (χ4n) is 5.84. The Morgan fingerprint density at radius 2 is 1.26 bits per heavy atom. The Morgan fingerprint density at radius 1 is 0.722 bits per heavy atom. The van der Waals surface area contributed by atoms with Crippen LogP contribution in [0.1, 0.15) is 135 Å². The van der Waals surface area contributed by atoms with Crippen molar-refractivity contribution >= 4 is 38.7 Å². The van der Waals surface area contributed by atoms with Crippen LogP contribution in [-0.4, -0.2) is 117 Å². The molecule has 4 N–H and O–H groups in total. The maximum Gasteiger partial charge on any atom is 0.325 e. The van der Waals surface area contributed by atoms with Gasteiger partial charge >= 0.3 is 15.2 Å². The first-order valence-electron chi connectivity index (χ1n) is 19.9. The number of unbranched alkanes of at least 4 members (excludes halogenated alkanes) is 9. The molecule has 54 heavy (non-hydrogen) atoms. The number of methoxy groups -OCH3 is 2. The number of ketones is 1. The van der Waals surface area contributed by atoms with Gasteiger partial charge in [0.1, 0.15) is 6.04 Å². The predicted octanol–water partition coefficient (Wildman–Crippen LogP) is 6.13. The molecule has 4 atom stereocenters. The third-order valence-corrected chi connectivity index (χ3v) is 10.1. The van der Waals surface area contributed by atoms with E-state index in [4.69, 9.17) is 28.3 Å². The second-order valence-corrected chi connectivity index (χ2v) is 17.7. The number of nitrogens with zero attached hydrogens (tertiary/aromatic N) is 1. The zero-order chi connectivity index (χ0) is 40.7. The van der Waals surface area contributed by atoms with Crippen molar-refractivity contribution in [2.24, 2.45) is 0 Å². The quantitative estimate of drug-likeness (QED) is 0.0447. The van der Waals surface area contributed by atoms with E-state index in [-0.39, 0.29) is 42.8 Å². The standard InChI is InChI=1S/C20H40NO6P.C17H33N2O6P/c1-4-5-8-13-18(21-20(23)15-10-7-11-16-26-2)19(22)14-9-6-12-17-27-28(3,24)25;1-24-13-7-5-11-18-17(21)15-9-8-12-19(15)16(20)10-4-3-6-14-25-26(2,22)23/h18H,4-17H2,1-3H3,(H,21,23)(H,24,25);15H,3-14H2,1-2H3,(H,18,21)(H,22,23)/t18-;15-/m00/s1. The lowest BCUT2D eigenvalue weighted by atomic mass is 9.99. The number of ether oxygens (including phenoxy) is 2. The average Bonchev–Trinajstić information content (AvgIpc) is 3.60. The highest BCUT2D eigenvalue weighted by Crippen LogP contribution is 2.37. The molecule has 0 radical (unpaired) electrons. The predicted molar refractivity (Wildman–Crippen MR) is 211 cm³/mol.